The molecule has 2 aromatic rings. The number of carbonyl (C=O) groups excluding carboxylic acids is 1. The fourth-order valence-corrected chi connectivity index (χ4v) is 1.41. The molecule has 0 fully saturated rings. The SMILES string of the molecule is O=C(NCc1[nH]c(=O)oc1O)OCc1ccccc1. The zero-order valence-electron chi connectivity index (χ0n) is 9.88. The van der Waals surface area contributed by atoms with Crippen LogP contribution in [0, 0.1) is 0 Å². The monoisotopic (exact) mass is 264 g/mol. The van der Waals surface area contributed by atoms with E-state index in [1.54, 1.807) is 0 Å². The van der Waals surface area contributed by atoms with E-state index in [-0.39, 0.29) is 18.8 Å². The molecular formula is C12H12N2O5. The molecule has 0 aliphatic rings. The number of amides is 1. The molecule has 19 heavy (non-hydrogen) atoms. The van der Waals surface area contributed by atoms with Gasteiger partial charge in [0.2, 0.25) is 0 Å². The van der Waals surface area contributed by atoms with Gasteiger partial charge in [0.15, 0.2) is 0 Å². The number of rotatable bonds is 4. The van der Waals surface area contributed by atoms with Crippen LogP contribution in [0.2, 0.25) is 0 Å². The summed E-state index contributed by atoms with van der Waals surface area (Å²) in [5, 5.41) is 11.5. The second kappa shape index (κ2) is 5.76. The number of alkyl carbamates (subject to hydrolysis) is 1. The molecule has 0 atom stereocenters. The molecule has 0 unspecified atom stereocenters. The maximum atomic E-state index is 11.4. The van der Waals surface area contributed by atoms with E-state index in [4.69, 9.17) is 9.84 Å². The van der Waals surface area contributed by atoms with Crippen molar-refractivity contribution in [3.63, 3.8) is 0 Å². The molecule has 0 bridgehead atoms. The third-order valence-corrected chi connectivity index (χ3v) is 2.32. The Bertz CT molecular complexity index is 602. The van der Waals surface area contributed by atoms with Gasteiger partial charge in [0.05, 0.1) is 6.54 Å². The Hall–Kier alpha value is -2.70. The summed E-state index contributed by atoms with van der Waals surface area (Å²) in [5.74, 6) is -1.33. The average Bonchev–Trinajstić information content (AvgIpc) is 2.73. The number of hydrogen-bond acceptors (Lipinski definition) is 5. The Morgan fingerprint density at radius 1 is 1.37 bits per heavy atom. The number of ether oxygens (including phenoxy) is 1. The molecule has 3 N–H and O–H groups in total. The van der Waals surface area contributed by atoms with Gasteiger partial charge in [0.25, 0.3) is 0 Å². The number of aromatic hydroxyl groups is 1. The van der Waals surface area contributed by atoms with Crippen LogP contribution in [0.3, 0.4) is 0 Å². The lowest BCUT2D eigenvalue weighted by Crippen LogP contribution is -2.24. The normalized spacial score (nSPS) is 10.1. The zero-order valence-corrected chi connectivity index (χ0v) is 9.88. The van der Waals surface area contributed by atoms with Crippen molar-refractivity contribution < 1.29 is 19.1 Å². The summed E-state index contributed by atoms with van der Waals surface area (Å²) in [5.41, 5.74) is 0.943. The van der Waals surface area contributed by atoms with E-state index < -0.39 is 17.8 Å². The Kier molecular flexibility index (Phi) is 3.87. The van der Waals surface area contributed by atoms with Gasteiger partial charge in [-0.3, -0.25) is 4.98 Å². The minimum atomic E-state index is -0.785. The van der Waals surface area contributed by atoms with E-state index in [0.29, 0.717) is 0 Å². The van der Waals surface area contributed by atoms with Gasteiger partial charge in [-0.25, -0.2) is 9.59 Å². The lowest BCUT2D eigenvalue weighted by molar-refractivity contribution is 0.139. The first kappa shape index (κ1) is 12.7. The highest BCUT2D eigenvalue weighted by Crippen LogP contribution is 2.10. The van der Waals surface area contributed by atoms with Crippen molar-refractivity contribution in [2.75, 3.05) is 0 Å². The summed E-state index contributed by atoms with van der Waals surface area (Å²) in [7, 11) is 0. The summed E-state index contributed by atoms with van der Waals surface area (Å²) in [6.45, 7) is 0.0474. The summed E-state index contributed by atoms with van der Waals surface area (Å²) in [6.07, 6.45) is -0.662. The van der Waals surface area contributed by atoms with Gasteiger partial charge in [-0.1, -0.05) is 30.3 Å². The van der Waals surface area contributed by atoms with Crippen LogP contribution in [0.25, 0.3) is 0 Å². The second-order valence-electron chi connectivity index (χ2n) is 3.71. The van der Waals surface area contributed by atoms with Crippen LogP contribution in [0.1, 0.15) is 11.3 Å². The van der Waals surface area contributed by atoms with Crippen LogP contribution in [0.4, 0.5) is 4.79 Å². The van der Waals surface area contributed by atoms with Crippen molar-refractivity contribution in [2.45, 2.75) is 13.2 Å². The zero-order chi connectivity index (χ0) is 13.7. The number of carbonyl (C=O) groups is 1. The number of benzene rings is 1. The maximum absolute atomic E-state index is 11.4. The fraction of sp³-hybridized carbons (Fsp3) is 0.167. The number of aromatic nitrogens is 1. The smallest absolute Gasteiger partial charge is 0.419 e. The molecule has 0 saturated carbocycles. The molecule has 100 valence electrons. The molecule has 1 amide bonds. The van der Waals surface area contributed by atoms with Crippen LogP contribution in [-0.4, -0.2) is 16.2 Å². The van der Waals surface area contributed by atoms with Crippen molar-refractivity contribution in [3.8, 4) is 5.95 Å². The minimum absolute atomic E-state index is 0.0849. The van der Waals surface area contributed by atoms with E-state index in [0.717, 1.165) is 5.56 Å². The van der Waals surface area contributed by atoms with Crippen LogP contribution >= 0.6 is 0 Å². The molecule has 7 heteroatoms. The van der Waals surface area contributed by atoms with Crippen molar-refractivity contribution >= 4 is 6.09 Å². The number of oxazole rings is 1. The summed E-state index contributed by atoms with van der Waals surface area (Å²) in [4.78, 5) is 24.3. The molecule has 0 spiro atoms. The van der Waals surface area contributed by atoms with Gasteiger partial charge < -0.3 is 19.6 Å². The number of nitrogens with one attached hydrogen (secondary N) is 2. The third-order valence-electron chi connectivity index (χ3n) is 2.32. The Morgan fingerprint density at radius 3 is 2.74 bits per heavy atom. The number of H-pyrrole nitrogens is 1. The Balaban J connectivity index is 1.79. The van der Waals surface area contributed by atoms with Crippen molar-refractivity contribution in [1.82, 2.24) is 10.3 Å². The Labute approximate surface area is 107 Å². The topological polar surface area (TPSA) is 105 Å². The van der Waals surface area contributed by atoms with Gasteiger partial charge in [-0.15, -0.1) is 0 Å². The highest BCUT2D eigenvalue weighted by Gasteiger charge is 2.10. The molecule has 1 aromatic heterocycles. The quantitative estimate of drug-likeness (QED) is 0.767. The van der Waals surface area contributed by atoms with E-state index in [9.17, 15) is 9.59 Å². The number of aromatic amines is 1. The van der Waals surface area contributed by atoms with Crippen LogP contribution in [-0.2, 0) is 17.9 Å². The van der Waals surface area contributed by atoms with E-state index in [1.807, 2.05) is 30.3 Å². The van der Waals surface area contributed by atoms with E-state index >= 15 is 0 Å². The summed E-state index contributed by atoms with van der Waals surface area (Å²) < 4.78 is 9.27. The van der Waals surface area contributed by atoms with Crippen LogP contribution in [0.15, 0.2) is 39.5 Å². The molecule has 0 saturated heterocycles. The van der Waals surface area contributed by atoms with Crippen LogP contribution < -0.4 is 11.1 Å². The van der Waals surface area contributed by atoms with Gasteiger partial charge in [-0.05, 0) is 5.56 Å². The minimum Gasteiger partial charge on any atom is -0.479 e. The highest BCUT2D eigenvalue weighted by atomic mass is 16.5. The Morgan fingerprint density at radius 2 is 2.11 bits per heavy atom. The lowest BCUT2D eigenvalue weighted by atomic mass is 10.2. The van der Waals surface area contributed by atoms with E-state index in [1.165, 1.54) is 0 Å². The second-order valence-corrected chi connectivity index (χ2v) is 3.71. The average molecular weight is 264 g/mol. The van der Waals surface area contributed by atoms with Crippen LogP contribution in [0.5, 0.6) is 5.95 Å². The number of hydrogen-bond donors (Lipinski definition) is 3. The standard InChI is InChI=1S/C12H12N2O5/c15-10-9(14-12(17)19-10)6-13-11(16)18-7-8-4-2-1-3-5-8/h1-5,15H,6-7H2,(H,13,16)(H,14,17). The van der Waals surface area contributed by atoms with Crippen molar-refractivity contribution in [3.05, 3.63) is 52.1 Å². The molecule has 0 radical (unpaired) electrons. The molecule has 1 heterocycles. The fourth-order valence-electron chi connectivity index (χ4n) is 1.41. The summed E-state index contributed by atoms with van der Waals surface area (Å²) in [6, 6.07) is 9.19. The first-order valence-electron chi connectivity index (χ1n) is 5.50. The van der Waals surface area contributed by atoms with Crippen molar-refractivity contribution in [1.29, 1.82) is 0 Å². The first-order chi connectivity index (χ1) is 9.15. The molecule has 1 aromatic carbocycles. The maximum Gasteiger partial charge on any atom is 0.419 e. The van der Waals surface area contributed by atoms with Crippen molar-refractivity contribution in [2.24, 2.45) is 0 Å². The highest BCUT2D eigenvalue weighted by molar-refractivity contribution is 5.67. The van der Waals surface area contributed by atoms with Gasteiger partial charge in [0, 0.05) is 0 Å². The predicted molar refractivity (Wildman–Crippen MR) is 64.5 cm³/mol. The predicted octanol–water partition coefficient (Wildman–Crippen LogP) is 1.10. The largest absolute Gasteiger partial charge is 0.479 e. The molecular weight excluding hydrogens is 252 g/mol. The molecule has 0 aliphatic carbocycles. The lowest BCUT2D eigenvalue weighted by Gasteiger charge is -2.05. The van der Waals surface area contributed by atoms with E-state index in [2.05, 4.69) is 14.7 Å². The van der Waals surface area contributed by atoms with Gasteiger partial charge in [-0.2, -0.15) is 0 Å². The molecule has 7 nitrogen and oxygen atoms in total. The first-order valence-corrected chi connectivity index (χ1v) is 5.50. The third kappa shape index (κ3) is 3.63. The molecule has 2 rings (SSSR count). The summed E-state index contributed by atoms with van der Waals surface area (Å²) >= 11 is 0. The van der Waals surface area contributed by atoms with Gasteiger partial charge in [0.1, 0.15) is 12.3 Å². The molecule has 0 aliphatic heterocycles. The van der Waals surface area contributed by atoms with Gasteiger partial charge >= 0.3 is 17.8 Å².